The summed E-state index contributed by atoms with van der Waals surface area (Å²) in [4.78, 5) is 4.04. The lowest BCUT2D eigenvalue weighted by molar-refractivity contribution is 0.425. The second kappa shape index (κ2) is 3.41. The fourth-order valence-corrected chi connectivity index (χ4v) is 1.09. The molecule has 0 aliphatic rings. The summed E-state index contributed by atoms with van der Waals surface area (Å²) < 4.78 is 7.30. The molecule has 0 bridgehead atoms. The van der Waals surface area contributed by atoms with Crippen molar-refractivity contribution in [3.05, 3.63) is 36.7 Å². The molecule has 2 rings (SSSR count). The second-order valence-corrected chi connectivity index (χ2v) is 2.99. The van der Waals surface area contributed by atoms with Gasteiger partial charge >= 0.3 is 6.01 Å². The van der Waals surface area contributed by atoms with Crippen molar-refractivity contribution in [3.8, 4) is 11.8 Å². The van der Waals surface area contributed by atoms with Crippen LogP contribution in [-0.4, -0.2) is 9.55 Å². The Morgan fingerprint density at radius 3 is 2.57 bits per heavy atom. The number of nitrogens with two attached hydrogens (primary N) is 1. The molecule has 14 heavy (non-hydrogen) atoms. The van der Waals surface area contributed by atoms with Gasteiger partial charge in [-0.25, -0.2) is 4.98 Å². The predicted octanol–water partition coefficient (Wildman–Crippen LogP) is 1.79. The Morgan fingerprint density at radius 2 is 2.00 bits per heavy atom. The zero-order chi connectivity index (χ0) is 9.97. The molecule has 0 atom stereocenters. The van der Waals surface area contributed by atoms with Gasteiger partial charge in [0.05, 0.1) is 0 Å². The minimum absolute atomic E-state index is 0.565. The van der Waals surface area contributed by atoms with Gasteiger partial charge < -0.3 is 15.0 Å². The number of benzene rings is 1. The number of nitrogen functional groups attached to an aromatic ring is 1. The molecule has 0 spiro atoms. The van der Waals surface area contributed by atoms with E-state index in [1.807, 2.05) is 25.4 Å². The molecular formula is C10H11N3O. The quantitative estimate of drug-likeness (QED) is 0.733. The van der Waals surface area contributed by atoms with Crippen molar-refractivity contribution >= 4 is 5.69 Å². The Kier molecular flexibility index (Phi) is 2.10. The van der Waals surface area contributed by atoms with Gasteiger partial charge in [-0.3, -0.25) is 0 Å². The molecule has 0 radical (unpaired) electrons. The van der Waals surface area contributed by atoms with Crippen LogP contribution in [0.25, 0.3) is 0 Å². The molecule has 1 heterocycles. The Balaban J connectivity index is 2.19. The van der Waals surface area contributed by atoms with Gasteiger partial charge in [0, 0.05) is 25.1 Å². The highest BCUT2D eigenvalue weighted by Crippen LogP contribution is 2.19. The van der Waals surface area contributed by atoms with Gasteiger partial charge in [0.1, 0.15) is 5.75 Å². The fourth-order valence-electron chi connectivity index (χ4n) is 1.09. The van der Waals surface area contributed by atoms with Crippen LogP contribution in [0.2, 0.25) is 0 Å². The number of imidazole rings is 1. The van der Waals surface area contributed by atoms with Gasteiger partial charge in [0.15, 0.2) is 0 Å². The number of hydrogen-bond donors (Lipinski definition) is 1. The molecule has 1 aromatic carbocycles. The Bertz CT molecular complexity index is 419. The van der Waals surface area contributed by atoms with Crippen LogP contribution in [0.4, 0.5) is 5.69 Å². The number of nitrogens with zero attached hydrogens (tertiary/aromatic N) is 2. The molecule has 0 saturated carbocycles. The van der Waals surface area contributed by atoms with Crippen LogP contribution < -0.4 is 10.5 Å². The summed E-state index contributed by atoms with van der Waals surface area (Å²) in [7, 11) is 1.87. The molecule has 4 nitrogen and oxygen atoms in total. The molecule has 4 heteroatoms. The molecule has 0 aliphatic heterocycles. The van der Waals surface area contributed by atoms with Gasteiger partial charge in [0.2, 0.25) is 0 Å². The van der Waals surface area contributed by atoms with Crippen molar-refractivity contribution in [2.75, 3.05) is 5.73 Å². The summed E-state index contributed by atoms with van der Waals surface area (Å²) in [6, 6.07) is 7.76. The van der Waals surface area contributed by atoms with E-state index in [1.54, 1.807) is 22.9 Å². The number of aromatic nitrogens is 2. The maximum absolute atomic E-state index is 5.55. The normalized spacial score (nSPS) is 10.1. The summed E-state index contributed by atoms with van der Waals surface area (Å²) >= 11 is 0. The molecule has 0 unspecified atom stereocenters. The lowest BCUT2D eigenvalue weighted by atomic mass is 10.3. The number of ether oxygens (including phenoxy) is 1. The summed E-state index contributed by atoms with van der Waals surface area (Å²) in [5.74, 6) is 0.730. The maximum Gasteiger partial charge on any atom is 0.301 e. The minimum atomic E-state index is 0.565. The fraction of sp³-hybridized carbons (Fsp3) is 0.100. The Labute approximate surface area is 81.9 Å². The van der Waals surface area contributed by atoms with Crippen LogP contribution in [0, 0.1) is 0 Å². The predicted molar refractivity (Wildman–Crippen MR) is 54.1 cm³/mol. The second-order valence-electron chi connectivity index (χ2n) is 2.99. The third kappa shape index (κ3) is 1.69. The first-order valence-electron chi connectivity index (χ1n) is 4.26. The zero-order valence-electron chi connectivity index (χ0n) is 7.84. The topological polar surface area (TPSA) is 53.1 Å². The lowest BCUT2D eigenvalue weighted by Gasteiger charge is -2.04. The molecule has 2 N–H and O–H groups in total. The van der Waals surface area contributed by atoms with Crippen molar-refractivity contribution in [1.29, 1.82) is 0 Å². The summed E-state index contributed by atoms with van der Waals surface area (Å²) in [5.41, 5.74) is 6.27. The molecule has 1 aromatic heterocycles. The summed E-state index contributed by atoms with van der Waals surface area (Å²) in [6.07, 6.45) is 3.51. The first-order valence-corrected chi connectivity index (χ1v) is 4.26. The van der Waals surface area contributed by atoms with E-state index in [-0.39, 0.29) is 0 Å². The smallest absolute Gasteiger partial charge is 0.301 e. The number of rotatable bonds is 2. The molecule has 0 saturated heterocycles. The van der Waals surface area contributed by atoms with Gasteiger partial charge in [-0.15, -0.1) is 0 Å². The van der Waals surface area contributed by atoms with Crippen LogP contribution in [0.3, 0.4) is 0 Å². The monoisotopic (exact) mass is 189 g/mol. The average molecular weight is 189 g/mol. The van der Waals surface area contributed by atoms with Crippen molar-refractivity contribution in [3.63, 3.8) is 0 Å². The first-order chi connectivity index (χ1) is 6.75. The Morgan fingerprint density at radius 1 is 1.29 bits per heavy atom. The van der Waals surface area contributed by atoms with E-state index in [9.17, 15) is 0 Å². The Hall–Kier alpha value is -1.97. The molecule has 2 aromatic rings. The van der Waals surface area contributed by atoms with Gasteiger partial charge in [0.25, 0.3) is 0 Å². The standard InChI is InChI=1S/C10H11N3O/c1-13-7-6-12-10(13)14-9-4-2-8(11)3-5-9/h2-7H,11H2,1H3. The van der Waals surface area contributed by atoms with Crippen LogP contribution in [0.1, 0.15) is 0 Å². The van der Waals surface area contributed by atoms with Crippen LogP contribution in [-0.2, 0) is 7.05 Å². The van der Waals surface area contributed by atoms with Crippen LogP contribution in [0.5, 0.6) is 11.8 Å². The van der Waals surface area contributed by atoms with Crippen molar-refractivity contribution in [2.45, 2.75) is 0 Å². The first kappa shape index (κ1) is 8.62. The van der Waals surface area contributed by atoms with E-state index < -0.39 is 0 Å². The van der Waals surface area contributed by atoms with E-state index in [1.165, 1.54) is 0 Å². The molecule has 72 valence electrons. The summed E-state index contributed by atoms with van der Waals surface area (Å²) in [6.45, 7) is 0. The average Bonchev–Trinajstić information content (AvgIpc) is 2.56. The number of anilines is 1. The van der Waals surface area contributed by atoms with E-state index in [4.69, 9.17) is 10.5 Å². The van der Waals surface area contributed by atoms with E-state index in [0.717, 1.165) is 11.4 Å². The molecular weight excluding hydrogens is 178 g/mol. The van der Waals surface area contributed by atoms with Gasteiger partial charge in [-0.2, -0.15) is 0 Å². The molecule has 0 amide bonds. The summed E-state index contributed by atoms with van der Waals surface area (Å²) in [5, 5.41) is 0. The van der Waals surface area contributed by atoms with Gasteiger partial charge in [-0.1, -0.05) is 0 Å². The zero-order valence-corrected chi connectivity index (χ0v) is 7.84. The third-order valence-corrected chi connectivity index (χ3v) is 1.87. The van der Waals surface area contributed by atoms with Crippen molar-refractivity contribution < 1.29 is 4.74 Å². The SMILES string of the molecule is Cn1ccnc1Oc1ccc(N)cc1. The number of aryl methyl sites for hydroxylation is 1. The highest BCUT2D eigenvalue weighted by molar-refractivity contribution is 5.42. The van der Waals surface area contributed by atoms with Gasteiger partial charge in [-0.05, 0) is 24.3 Å². The highest BCUT2D eigenvalue weighted by atomic mass is 16.5. The highest BCUT2D eigenvalue weighted by Gasteiger charge is 2.00. The van der Waals surface area contributed by atoms with Crippen LogP contribution >= 0.6 is 0 Å². The van der Waals surface area contributed by atoms with Crippen molar-refractivity contribution in [2.24, 2.45) is 7.05 Å². The van der Waals surface area contributed by atoms with Crippen LogP contribution in [0.15, 0.2) is 36.7 Å². The van der Waals surface area contributed by atoms with E-state index >= 15 is 0 Å². The van der Waals surface area contributed by atoms with Crippen molar-refractivity contribution in [1.82, 2.24) is 9.55 Å². The lowest BCUT2D eigenvalue weighted by Crippen LogP contribution is -1.93. The maximum atomic E-state index is 5.55. The van der Waals surface area contributed by atoms with E-state index in [2.05, 4.69) is 4.98 Å². The number of hydrogen-bond acceptors (Lipinski definition) is 3. The van der Waals surface area contributed by atoms with E-state index in [0.29, 0.717) is 6.01 Å². The molecule has 0 fully saturated rings. The molecule has 0 aliphatic carbocycles. The third-order valence-electron chi connectivity index (χ3n) is 1.87. The largest absolute Gasteiger partial charge is 0.426 e. The minimum Gasteiger partial charge on any atom is -0.426 e.